The molecule has 1 aliphatic heterocycles. The van der Waals surface area contributed by atoms with E-state index in [0.717, 1.165) is 36.4 Å². The van der Waals surface area contributed by atoms with Crippen molar-refractivity contribution in [3.63, 3.8) is 0 Å². The van der Waals surface area contributed by atoms with Crippen LogP contribution in [0.25, 0.3) is 0 Å². The predicted octanol–water partition coefficient (Wildman–Crippen LogP) is 5.49. The molecule has 1 unspecified atom stereocenters. The number of nitrogens with one attached hydrogen (secondary N) is 1. The minimum Gasteiger partial charge on any atom is -0.457 e. The van der Waals surface area contributed by atoms with Gasteiger partial charge in [-0.2, -0.15) is 0 Å². The van der Waals surface area contributed by atoms with Gasteiger partial charge in [-0.05, 0) is 105 Å². The van der Waals surface area contributed by atoms with Crippen LogP contribution in [0.1, 0.15) is 44.1 Å². The van der Waals surface area contributed by atoms with Crippen molar-refractivity contribution in [2.75, 3.05) is 26.2 Å². The van der Waals surface area contributed by atoms with E-state index in [9.17, 15) is 5.11 Å². The molecule has 0 bridgehead atoms. The molecule has 0 aromatic heterocycles. The van der Waals surface area contributed by atoms with Gasteiger partial charge in [0.25, 0.3) is 0 Å². The molecule has 2 N–H and O–H groups in total. The van der Waals surface area contributed by atoms with E-state index in [-0.39, 0.29) is 0 Å². The van der Waals surface area contributed by atoms with Crippen LogP contribution in [0.5, 0.6) is 11.5 Å². The summed E-state index contributed by atoms with van der Waals surface area (Å²) in [6.45, 7) is 4.63. The third-order valence-corrected chi connectivity index (χ3v) is 7.13. The number of rotatable bonds is 9. The molecule has 1 atom stereocenters. The summed E-state index contributed by atoms with van der Waals surface area (Å²) in [5.41, 5.74) is 1.24. The van der Waals surface area contributed by atoms with Gasteiger partial charge >= 0.3 is 0 Å². The van der Waals surface area contributed by atoms with Crippen molar-refractivity contribution in [3.05, 3.63) is 59.1 Å². The second-order valence-electron chi connectivity index (χ2n) is 9.19. The first kappa shape index (κ1) is 22.6. The van der Waals surface area contributed by atoms with Gasteiger partial charge in [-0.3, -0.25) is 4.90 Å². The summed E-state index contributed by atoms with van der Waals surface area (Å²) >= 11 is 5.94. The molecule has 1 heterocycles. The van der Waals surface area contributed by atoms with E-state index in [4.69, 9.17) is 16.3 Å². The standard InChI is InChI=1S/C26H35ClN2O2/c27-23-10-12-25(13-11-23)31-26-5-1-3-22(15-26)17-28-16-20-6-8-21(9-7-20)18-29-14-2-4-24(29)19-30/h1,3,5,10-13,15,20-21,24,28,30H,2,4,6-9,14,16-19H2. The van der Waals surface area contributed by atoms with Crippen molar-refractivity contribution in [2.45, 2.75) is 51.1 Å². The van der Waals surface area contributed by atoms with E-state index < -0.39 is 0 Å². The Morgan fingerprint density at radius 1 is 0.968 bits per heavy atom. The number of halogens is 1. The fourth-order valence-electron chi connectivity index (χ4n) is 5.07. The lowest BCUT2D eigenvalue weighted by molar-refractivity contribution is 0.124. The van der Waals surface area contributed by atoms with Gasteiger partial charge < -0.3 is 15.2 Å². The molecule has 0 spiro atoms. The van der Waals surface area contributed by atoms with E-state index in [1.807, 2.05) is 36.4 Å². The molecular weight excluding hydrogens is 408 g/mol. The smallest absolute Gasteiger partial charge is 0.127 e. The molecule has 4 nitrogen and oxygen atoms in total. The lowest BCUT2D eigenvalue weighted by Crippen LogP contribution is -2.37. The average molecular weight is 443 g/mol. The largest absolute Gasteiger partial charge is 0.457 e. The summed E-state index contributed by atoms with van der Waals surface area (Å²) in [7, 11) is 0. The van der Waals surface area contributed by atoms with Crippen LogP contribution >= 0.6 is 11.6 Å². The number of aliphatic hydroxyl groups excluding tert-OH is 1. The SMILES string of the molecule is OCC1CCCN1CC1CCC(CNCc2cccc(Oc3ccc(Cl)cc3)c2)CC1. The average Bonchev–Trinajstić information content (AvgIpc) is 3.24. The molecule has 2 aromatic carbocycles. The highest BCUT2D eigenvalue weighted by Gasteiger charge is 2.28. The lowest BCUT2D eigenvalue weighted by atomic mass is 9.81. The van der Waals surface area contributed by atoms with Gasteiger partial charge in [-0.25, -0.2) is 0 Å². The van der Waals surface area contributed by atoms with Crippen molar-refractivity contribution in [2.24, 2.45) is 11.8 Å². The molecule has 0 amide bonds. The Hall–Kier alpha value is -1.59. The number of nitrogens with zero attached hydrogens (tertiary/aromatic N) is 1. The van der Waals surface area contributed by atoms with Gasteiger partial charge in [-0.1, -0.05) is 23.7 Å². The number of hydrogen-bond acceptors (Lipinski definition) is 4. The molecule has 5 heteroatoms. The fraction of sp³-hybridized carbons (Fsp3) is 0.538. The quantitative estimate of drug-likeness (QED) is 0.539. The van der Waals surface area contributed by atoms with Crippen molar-refractivity contribution >= 4 is 11.6 Å². The van der Waals surface area contributed by atoms with E-state index >= 15 is 0 Å². The minimum atomic E-state index is 0.325. The van der Waals surface area contributed by atoms with Gasteiger partial charge in [-0.15, -0.1) is 0 Å². The molecule has 2 fully saturated rings. The molecule has 1 saturated heterocycles. The highest BCUT2D eigenvalue weighted by atomic mass is 35.5. The molecule has 2 aliphatic rings. The summed E-state index contributed by atoms with van der Waals surface area (Å²) in [5.74, 6) is 3.23. The number of aliphatic hydroxyl groups is 1. The third kappa shape index (κ3) is 6.69. The first-order valence-electron chi connectivity index (χ1n) is 11.8. The Kier molecular flexibility index (Phi) is 8.26. The third-order valence-electron chi connectivity index (χ3n) is 6.88. The number of ether oxygens (including phenoxy) is 1. The molecule has 168 valence electrons. The Balaban J connectivity index is 1.17. The Labute approximate surface area is 191 Å². The van der Waals surface area contributed by atoms with Crippen LogP contribution in [0.15, 0.2) is 48.5 Å². The molecular formula is C26H35ClN2O2. The van der Waals surface area contributed by atoms with Gasteiger partial charge in [0.2, 0.25) is 0 Å². The maximum absolute atomic E-state index is 9.54. The Morgan fingerprint density at radius 2 is 1.74 bits per heavy atom. The van der Waals surface area contributed by atoms with Crippen LogP contribution in [-0.4, -0.2) is 42.3 Å². The van der Waals surface area contributed by atoms with Crippen LogP contribution in [0.2, 0.25) is 5.02 Å². The highest BCUT2D eigenvalue weighted by molar-refractivity contribution is 6.30. The van der Waals surface area contributed by atoms with E-state index in [1.165, 1.54) is 57.2 Å². The molecule has 1 saturated carbocycles. The van der Waals surface area contributed by atoms with E-state index in [0.29, 0.717) is 17.7 Å². The summed E-state index contributed by atoms with van der Waals surface area (Å²) < 4.78 is 5.95. The monoisotopic (exact) mass is 442 g/mol. The first-order valence-corrected chi connectivity index (χ1v) is 12.2. The normalized spacial score (nSPS) is 24.4. The maximum Gasteiger partial charge on any atom is 0.127 e. The van der Waals surface area contributed by atoms with Gasteiger partial charge in [0.15, 0.2) is 0 Å². The van der Waals surface area contributed by atoms with Gasteiger partial charge in [0.05, 0.1) is 6.61 Å². The molecule has 1 aliphatic carbocycles. The zero-order chi connectivity index (χ0) is 21.5. The minimum absolute atomic E-state index is 0.325. The van der Waals surface area contributed by atoms with Crippen molar-refractivity contribution in [3.8, 4) is 11.5 Å². The van der Waals surface area contributed by atoms with Crippen LogP contribution in [0.3, 0.4) is 0 Å². The molecule has 0 radical (unpaired) electrons. The summed E-state index contributed by atoms with van der Waals surface area (Å²) in [6, 6.07) is 16.2. The van der Waals surface area contributed by atoms with Gasteiger partial charge in [0.1, 0.15) is 11.5 Å². The summed E-state index contributed by atoms with van der Waals surface area (Å²) in [6.07, 6.45) is 7.69. The Bertz CT molecular complexity index is 805. The second-order valence-corrected chi connectivity index (χ2v) is 9.63. The van der Waals surface area contributed by atoms with Crippen LogP contribution in [0.4, 0.5) is 0 Å². The number of likely N-dealkylation sites (tertiary alicyclic amines) is 1. The fourth-order valence-corrected chi connectivity index (χ4v) is 5.20. The zero-order valence-corrected chi connectivity index (χ0v) is 19.1. The van der Waals surface area contributed by atoms with Crippen molar-refractivity contribution in [1.29, 1.82) is 0 Å². The summed E-state index contributed by atoms with van der Waals surface area (Å²) in [5, 5.41) is 13.9. The second kappa shape index (κ2) is 11.3. The first-order chi connectivity index (χ1) is 15.2. The van der Waals surface area contributed by atoms with E-state index in [1.54, 1.807) is 0 Å². The molecule has 31 heavy (non-hydrogen) atoms. The molecule has 4 rings (SSSR count). The number of benzene rings is 2. The van der Waals surface area contributed by atoms with Crippen LogP contribution < -0.4 is 10.1 Å². The van der Waals surface area contributed by atoms with Crippen LogP contribution in [0, 0.1) is 11.8 Å². The van der Waals surface area contributed by atoms with Gasteiger partial charge in [0, 0.05) is 24.2 Å². The van der Waals surface area contributed by atoms with E-state index in [2.05, 4.69) is 22.3 Å². The van der Waals surface area contributed by atoms with Crippen molar-refractivity contribution < 1.29 is 9.84 Å². The molecule has 2 aromatic rings. The topological polar surface area (TPSA) is 44.7 Å². The highest BCUT2D eigenvalue weighted by Crippen LogP contribution is 2.31. The zero-order valence-electron chi connectivity index (χ0n) is 18.3. The Morgan fingerprint density at radius 3 is 2.52 bits per heavy atom. The lowest BCUT2D eigenvalue weighted by Gasteiger charge is -2.33. The van der Waals surface area contributed by atoms with Crippen LogP contribution in [-0.2, 0) is 6.54 Å². The predicted molar refractivity (Wildman–Crippen MR) is 127 cm³/mol. The number of hydrogen-bond donors (Lipinski definition) is 2. The maximum atomic E-state index is 9.54. The summed E-state index contributed by atoms with van der Waals surface area (Å²) in [4.78, 5) is 2.53. The van der Waals surface area contributed by atoms with Crippen molar-refractivity contribution in [1.82, 2.24) is 10.2 Å².